The third kappa shape index (κ3) is 3.36. The van der Waals surface area contributed by atoms with Crippen molar-refractivity contribution in [3.8, 4) is 0 Å². The molecule has 3 rings (SSSR count). The second-order valence-electron chi connectivity index (χ2n) is 6.33. The zero-order valence-electron chi connectivity index (χ0n) is 13.9. The molecule has 2 aromatic heterocycles. The highest BCUT2D eigenvalue weighted by Crippen LogP contribution is 2.22. The smallest absolute Gasteiger partial charge is 0.254 e. The van der Waals surface area contributed by atoms with Crippen LogP contribution in [0.25, 0.3) is 0 Å². The highest BCUT2D eigenvalue weighted by molar-refractivity contribution is 5.95. The molecular formula is C17H23N5O. The van der Waals surface area contributed by atoms with Crippen molar-refractivity contribution in [3.05, 3.63) is 41.9 Å². The highest BCUT2D eigenvalue weighted by atomic mass is 16.2. The van der Waals surface area contributed by atoms with E-state index in [1.165, 1.54) is 0 Å². The van der Waals surface area contributed by atoms with Crippen molar-refractivity contribution in [1.29, 1.82) is 0 Å². The van der Waals surface area contributed by atoms with Crippen molar-refractivity contribution >= 4 is 11.7 Å². The fraction of sp³-hybridized carbons (Fsp3) is 0.471. The Labute approximate surface area is 136 Å². The largest absolute Gasteiger partial charge is 0.363 e. The molecule has 0 radical (unpaired) electrons. The van der Waals surface area contributed by atoms with Crippen molar-refractivity contribution in [2.24, 2.45) is 0 Å². The van der Waals surface area contributed by atoms with Gasteiger partial charge in [-0.2, -0.15) is 5.10 Å². The van der Waals surface area contributed by atoms with Gasteiger partial charge in [0.05, 0.1) is 18.8 Å². The van der Waals surface area contributed by atoms with E-state index >= 15 is 0 Å². The van der Waals surface area contributed by atoms with Crippen LogP contribution in [0.5, 0.6) is 0 Å². The predicted molar refractivity (Wildman–Crippen MR) is 89.6 cm³/mol. The third-order valence-corrected chi connectivity index (χ3v) is 4.25. The maximum Gasteiger partial charge on any atom is 0.254 e. The van der Waals surface area contributed by atoms with Crippen molar-refractivity contribution < 1.29 is 4.79 Å². The quantitative estimate of drug-likeness (QED) is 0.866. The van der Waals surface area contributed by atoms with Crippen LogP contribution in [0.4, 0.5) is 5.82 Å². The molecule has 1 fully saturated rings. The molecule has 0 saturated carbocycles. The molecule has 0 aliphatic carbocycles. The van der Waals surface area contributed by atoms with E-state index in [1.807, 2.05) is 54.0 Å². The van der Waals surface area contributed by atoms with E-state index in [9.17, 15) is 4.79 Å². The van der Waals surface area contributed by atoms with Crippen LogP contribution in [0.15, 0.2) is 30.7 Å². The first-order chi connectivity index (χ1) is 11.0. The molecule has 0 bridgehead atoms. The monoisotopic (exact) mass is 313 g/mol. The SMILES string of the molecule is Cc1cnn(CC2CCCN2C(=O)c2ccnc(N(C)C)c2)c1. The van der Waals surface area contributed by atoms with E-state index in [1.54, 1.807) is 12.3 Å². The lowest BCUT2D eigenvalue weighted by molar-refractivity contribution is 0.0721. The summed E-state index contributed by atoms with van der Waals surface area (Å²) in [7, 11) is 3.85. The number of anilines is 1. The number of amides is 1. The summed E-state index contributed by atoms with van der Waals surface area (Å²) >= 11 is 0. The molecule has 0 spiro atoms. The summed E-state index contributed by atoms with van der Waals surface area (Å²) in [6, 6.07) is 3.86. The first kappa shape index (κ1) is 15.5. The van der Waals surface area contributed by atoms with Gasteiger partial charge in [-0.3, -0.25) is 9.48 Å². The Morgan fingerprint density at radius 3 is 2.96 bits per heavy atom. The second-order valence-corrected chi connectivity index (χ2v) is 6.33. The first-order valence-electron chi connectivity index (χ1n) is 7.98. The molecule has 1 amide bonds. The molecule has 0 aromatic carbocycles. The topological polar surface area (TPSA) is 54.3 Å². The van der Waals surface area contributed by atoms with Crippen molar-refractivity contribution in [1.82, 2.24) is 19.7 Å². The standard InChI is InChI=1S/C17H23N5O/c1-13-10-19-21(11-13)12-15-5-4-8-22(15)17(23)14-6-7-18-16(9-14)20(2)3/h6-7,9-11,15H,4-5,8,12H2,1-3H3. The number of carbonyl (C=O) groups excluding carboxylic acids is 1. The molecule has 6 nitrogen and oxygen atoms in total. The van der Waals surface area contributed by atoms with E-state index in [0.29, 0.717) is 5.56 Å². The maximum absolute atomic E-state index is 12.9. The van der Waals surface area contributed by atoms with Gasteiger partial charge in [0.25, 0.3) is 5.91 Å². The Hall–Kier alpha value is -2.37. The minimum Gasteiger partial charge on any atom is -0.363 e. The van der Waals surface area contributed by atoms with E-state index in [2.05, 4.69) is 10.1 Å². The lowest BCUT2D eigenvalue weighted by Gasteiger charge is -2.25. The number of likely N-dealkylation sites (tertiary alicyclic amines) is 1. The van der Waals surface area contributed by atoms with E-state index in [-0.39, 0.29) is 11.9 Å². The van der Waals surface area contributed by atoms with Crippen molar-refractivity contribution in [3.63, 3.8) is 0 Å². The minimum absolute atomic E-state index is 0.0851. The van der Waals surface area contributed by atoms with Gasteiger partial charge in [-0.1, -0.05) is 0 Å². The summed E-state index contributed by atoms with van der Waals surface area (Å²) in [5.41, 5.74) is 1.85. The molecule has 2 aromatic rings. The number of aryl methyl sites for hydroxylation is 1. The van der Waals surface area contributed by atoms with Crippen molar-refractivity contribution in [2.45, 2.75) is 32.4 Å². The second kappa shape index (κ2) is 6.40. The van der Waals surface area contributed by atoms with Crippen LogP contribution in [0.1, 0.15) is 28.8 Å². The Morgan fingerprint density at radius 1 is 1.43 bits per heavy atom. The van der Waals surface area contributed by atoms with Crippen LogP contribution in [0, 0.1) is 6.92 Å². The number of nitrogens with zero attached hydrogens (tertiary/aromatic N) is 5. The Bertz CT molecular complexity index is 694. The van der Waals surface area contributed by atoms with Crippen LogP contribution < -0.4 is 4.90 Å². The lowest BCUT2D eigenvalue weighted by atomic mass is 10.2. The summed E-state index contributed by atoms with van der Waals surface area (Å²) in [6.07, 6.45) is 7.65. The number of hydrogen-bond donors (Lipinski definition) is 0. The van der Waals surface area contributed by atoms with Crippen LogP contribution in [-0.2, 0) is 6.54 Å². The molecule has 6 heteroatoms. The molecular weight excluding hydrogens is 290 g/mol. The van der Waals surface area contributed by atoms with Gasteiger partial charge in [-0.15, -0.1) is 0 Å². The Morgan fingerprint density at radius 2 is 2.26 bits per heavy atom. The molecule has 1 saturated heterocycles. The number of pyridine rings is 1. The average molecular weight is 313 g/mol. The average Bonchev–Trinajstić information content (AvgIpc) is 3.16. The molecule has 1 atom stereocenters. The molecule has 122 valence electrons. The van der Waals surface area contributed by atoms with Gasteiger partial charge in [0.2, 0.25) is 0 Å². The lowest BCUT2D eigenvalue weighted by Crippen LogP contribution is -2.38. The number of carbonyl (C=O) groups is 1. The van der Waals surface area contributed by atoms with Gasteiger partial charge in [0.1, 0.15) is 5.82 Å². The van der Waals surface area contributed by atoms with Crippen LogP contribution in [0.2, 0.25) is 0 Å². The summed E-state index contributed by atoms with van der Waals surface area (Å²) in [5, 5.41) is 4.35. The maximum atomic E-state index is 12.9. The number of aromatic nitrogens is 3. The summed E-state index contributed by atoms with van der Waals surface area (Å²) in [4.78, 5) is 21.0. The Kier molecular flexibility index (Phi) is 4.32. The van der Waals surface area contributed by atoms with Gasteiger partial charge in [-0.25, -0.2) is 4.98 Å². The van der Waals surface area contributed by atoms with Gasteiger partial charge < -0.3 is 9.80 Å². The zero-order valence-corrected chi connectivity index (χ0v) is 13.9. The van der Waals surface area contributed by atoms with Gasteiger partial charge >= 0.3 is 0 Å². The van der Waals surface area contributed by atoms with Gasteiger partial charge in [0, 0.05) is 38.6 Å². The zero-order chi connectivity index (χ0) is 16.4. The predicted octanol–water partition coefficient (Wildman–Crippen LogP) is 1.96. The van der Waals surface area contributed by atoms with E-state index < -0.39 is 0 Å². The summed E-state index contributed by atoms with van der Waals surface area (Å²) < 4.78 is 1.93. The van der Waals surface area contributed by atoms with E-state index in [0.717, 1.165) is 37.3 Å². The molecule has 0 N–H and O–H groups in total. The van der Waals surface area contributed by atoms with Crippen LogP contribution in [0.3, 0.4) is 0 Å². The van der Waals surface area contributed by atoms with E-state index in [4.69, 9.17) is 0 Å². The van der Waals surface area contributed by atoms with Crippen LogP contribution >= 0.6 is 0 Å². The molecule has 3 heterocycles. The summed E-state index contributed by atoms with van der Waals surface area (Å²) in [6.45, 7) is 3.59. The number of hydrogen-bond acceptors (Lipinski definition) is 4. The minimum atomic E-state index is 0.0851. The fourth-order valence-corrected chi connectivity index (χ4v) is 3.04. The highest BCUT2D eigenvalue weighted by Gasteiger charge is 2.30. The Balaban J connectivity index is 1.76. The van der Waals surface area contributed by atoms with Gasteiger partial charge in [-0.05, 0) is 37.5 Å². The molecule has 1 unspecified atom stereocenters. The molecule has 1 aliphatic rings. The van der Waals surface area contributed by atoms with Crippen LogP contribution in [-0.4, -0.2) is 52.3 Å². The summed E-state index contributed by atoms with van der Waals surface area (Å²) in [5.74, 6) is 0.885. The molecule has 1 aliphatic heterocycles. The fourth-order valence-electron chi connectivity index (χ4n) is 3.04. The van der Waals surface area contributed by atoms with Crippen molar-refractivity contribution in [2.75, 3.05) is 25.5 Å². The number of rotatable bonds is 4. The normalized spacial score (nSPS) is 17.5. The molecule has 23 heavy (non-hydrogen) atoms. The first-order valence-corrected chi connectivity index (χ1v) is 7.98. The van der Waals surface area contributed by atoms with Gasteiger partial charge in [0.15, 0.2) is 0 Å². The third-order valence-electron chi connectivity index (χ3n) is 4.25.